The first-order chi connectivity index (χ1) is 12.6. The third kappa shape index (κ3) is 8.41. The number of halogens is 1. The summed E-state index contributed by atoms with van der Waals surface area (Å²) >= 11 is 0. The van der Waals surface area contributed by atoms with E-state index in [9.17, 15) is 18.7 Å². The van der Waals surface area contributed by atoms with Gasteiger partial charge in [-0.15, -0.1) is 0 Å². The van der Waals surface area contributed by atoms with Gasteiger partial charge in [0, 0.05) is 12.6 Å². The van der Waals surface area contributed by atoms with Gasteiger partial charge in [-0.3, -0.25) is 4.57 Å². The van der Waals surface area contributed by atoms with Crippen LogP contribution in [0.5, 0.6) is 0 Å². The highest BCUT2D eigenvalue weighted by molar-refractivity contribution is 7.53. The largest absolute Gasteiger partial charge is 0.394 e. The predicted molar refractivity (Wildman–Crippen MR) is 107 cm³/mol. The van der Waals surface area contributed by atoms with Crippen molar-refractivity contribution < 1.29 is 23.8 Å². The van der Waals surface area contributed by atoms with Crippen LogP contribution in [0.3, 0.4) is 0 Å². The summed E-state index contributed by atoms with van der Waals surface area (Å²) in [7, 11) is -4.23. The van der Waals surface area contributed by atoms with Crippen molar-refractivity contribution in [3.05, 3.63) is 35.6 Å². The number of hydrogen-bond acceptors (Lipinski definition) is 3. The molecule has 1 aliphatic carbocycles. The molecule has 156 valence electrons. The number of nitrogens with one attached hydrogen (secondary N) is 1. The van der Waals surface area contributed by atoms with Crippen LogP contribution in [-0.2, 0) is 11.0 Å². The van der Waals surface area contributed by atoms with Gasteiger partial charge in [-0.2, -0.15) is 0 Å². The van der Waals surface area contributed by atoms with Crippen molar-refractivity contribution in [2.75, 3.05) is 6.54 Å². The molecule has 0 saturated heterocycles. The molecule has 4 N–H and O–H groups in total. The molecule has 2 rings (SSSR count). The van der Waals surface area contributed by atoms with Crippen molar-refractivity contribution in [3.8, 4) is 0 Å². The zero-order chi connectivity index (χ0) is 20.5. The molecule has 0 heterocycles. The summed E-state index contributed by atoms with van der Waals surface area (Å²) in [6, 6.07) is 6.33. The molecule has 0 atom stereocenters. The summed E-state index contributed by atoms with van der Waals surface area (Å²) in [6.07, 6.45) is 5.34. The Balaban J connectivity index is 0.000000828. The number of aliphatic hydroxyl groups is 1. The standard InChI is InChI=1S/C17H27FNO3P.C3H8O/c1-2-4-14-7-10-17(11-8-14,23(20,21)22)19-12-9-15-5-3-6-16(18)13-15;1-3(2)4/h3,5-6,13-14,19H,2,4,7-12H2,1H3,(H2,20,21,22);3-4H,1-2H3. The van der Waals surface area contributed by atoms with Crippen LogP contribution in [0.2, 0.25) is 0 Å². The molecular formula is C20H35FNO4P. The van der Waals surface area contributed by atoms with Crippen molar-refractivity contribution in [2.24, 2.45) is 5.92 Å². The van der Waals surface area contributed by atoms with Crippen molar-refractivity contribution in [3.63, 3.8) is 0 Å². The van der Waals surface area contributed by atoms with E-state index in [-0.39, 0.29) is 11.9 Å². The summed E-state index contributed by atoms with van der Waals surface area (Å²) in [5.41, 5.74) is 0.832. The molecule has 1 aromatic carbocycles. The van der Waals surface area contributed by atoms with Gasteiger partial charge in [0.05, 0.1) is 0 Å². The predicted octanol–water partition coefficient (Wildman–Crippen LogP) is 4.21. The van der Waals surface area contributed by atoms with Gasteiger partial charge in [0.1, 0.15) is 11.1 Å². The zero-order valence-corrected chi connectivity index (χ0v) is 17.6. The Bertz CT molecular complexity index is 595. The number of hydrogen-bond donors (Lipinski definition) is 4. The molecule has 1 aromatic rings. The first kappa shape index (κ1) is 24.3. The fourth-order valence-electron chi connectivity index (χ4n) is 3.56. The van der Waals surface area contributed by atoms with E-state index in [0.717, 1.165) is 31.2 Å². The Morgan fingerprint density at radius 1 is 1.30 bits per heavy atom. The van der Waals surface area contributed by atoms with E-state index >= 15 is 0 Å². The lowest BCUT2D eigenvalue weighted by atomic mass is 9.83. The second kappa shape index (κ2) is 11.3. The molecule has 5 nitrogen and oxygen atoms in total. The molecule has 1 saturated carbocycles. The molecule has 0 unspecified atom stereocenters. The molecule has 1 fully saturated rings. The van der Waals surface area contributed by atoms with Crippen LogP contribution < -0.4 is 5.32 Å². The zero-order valence-electron chi connectivity index (χ0n) is 16.7. The van der Waals surface area contributed by atoms with Crippen molar-refractivity contribution >= 4 is 7.60 Å². The van der Waals surface area contributed by atoms with Gasteiger partial charge < -0.3 is 20.2 Å². The van der Waals surface area contributed by atoms with Crippen LogP contribution in [0.15, 0.2) is 24.3 Å². The maximum Gasteiger partial charge on any atom is 0.345 e. The molecule has 1 aliphatic rings. The van der Waals surface area contributed by atoms with E-state index in [4.69, 9.17) is 5.11 Å². The highest BCUT2D eigenvalue weighted by atomic mass is 31.2. The summed E-state index contributed by atoms with van der Waals surface area (Å²) in [6.45, 7) is 6.02. The lowest BCUT2D eigenvalue weighted by Crippen LogP contribution is -2.48. The van der Waals surface area contributed by atoms with E-state index < -0.39 is 12.9 Å². The monoisotopic (exact) mass is 403 g/mol. The first-order valence-corrected chi connectivity index (χ1v) is 11.4. The normalized spacial score (nSPS) is 23.0. The number of benzene rings is 1. The maximum absolute atomic E-state index is 13.2. The second-order valence-electron chi connectivity index (χ2n) is 7.71. The number of aliphatic hydroxyl groups excluding tert-OH is 1. The number of rotatable bonds is 7. The van der Waals surface area contributed by atoms with Crippen LogP contribution in [0.25, 0.3) is 0 Å². The summed E-state index contributed by atoms with van der Waals surface area (Å²) < 4.78 is 25.2. The molecule has 0 aromatic heterocycles. The fraction of sp³-hybridized carbons (Fsp3) is 0.700. The van der Waals surface area contributed by atoms with Gasteiger partial charge >= 0.3 is 7.60 Å². The summed E-state index contributed by atoms with van der Waals surface area (Å²) in [5.74, 6) is 0.289. The molecule has 0 radical (unpaired) electrons. The first-order valence-electron chi connectivity index (χ1n) is 9.83. The third-order valence-corrected chi connectivity index (χ3v) is 6.66. The van der Waals surface area contributed by atoms with Crippen LogP contribution in [0.4, 0.5) is 4.39 Å². The van der Waals surface area contributed by atoms with E-state index in [0.29, 0.717) is 31.7 Å². The molecule has 0 aliphatic heterocycles. The smallest absolute Gasteiger partial charge is 0.345 e. The van der Waals surface area contributed by atoms with Crippen LogP contribution in [-0.4, -0.2) is 32.8 Å². The van der Waals surface area contributed by atoms with Crippen LogP contribution in [0.1, 0.15) is 64.9 Å². The lowest BCUT2D eigenvalue weighted by Gasteiger charge is -2.41. The minimum atomic E-state index is -4.23. The molecule has 0 spiro atoms. The fourth-order valence-corrected chi connectivity index (χ4v) is 4.71. The van der Waals surface area contributed by atoms with Crippen molar-refractivity contribution in [2.45, 2.75) is 77.1 Å². The van der Waals surface area contributed by atoms with Gasteiger partial charge in [0.2, 0.25) is 0 Å². The van der Waals surface area contributed by atoms with E-state index in [2.05, 4.69) is 12.2 Å². The summed E-state index contributed by atoms with van der Waals surface area (Å²) in [4.78, 5) is 19.7. The van der Waals surface area contributed by atoms with E-state index in [1.54, 1.807) is 19.9 Å². The highest BCUT2D eigenvalue weighted by Gasteiger charge is 2.48. The Morgan fingerprint density at radius 3 is 2.37 bits per heavy atom. The molecule has 27 heavy (non-hydrogen) atoms. The van der Waals surface area contributed by atoms with Gasteiger partial charge in [-0.1, -0.05) is 31.9 Å². The second-order valence-corrected chi connectivity index (χ2v) is 9.65. The summed E-state index contributed by atoms with van der Waals surface area (Å²) in [5, 5.41) is 10.1. The van der Waals surface area contributed by atoms with E-state index in [1.165, 1.54) is 12.1 Å². The topological polar surface area (TPSA) is 89.8 Å². The molecule has 0 bridgehead atoms. The van der Waals surface area contributed by atoms with Gasteiger partial charge in [-0.25, -0.2) is 4.39 Å². The molecule has 0 amide bonds. The van der Waals surface area contributed by atoms with E-state index in [1.807, 2.05) is 6.07 Å². The van der Waals surface area contributed by atoms with Gasteiger partial charge in [-0.05, 0) is 69.6 Å². The van der Waals surface area contributed by atoms with Crippen molar-refractivity contribution in [1.29, 1.82) is 0 Å². The Morgan fingerprint density at radius 2 is 1.89 bits per heavy atom. The van der Waals surface area contributed by atoms with Crippen LogP contribution >= 0.6 is 7.60 Å². The van der Waals surface area contributed by atoms with Gasteiger partial charge in [0.15, 0.2) is 0 Å². The average Bonchev–Trinajstić information content (AvgIpc) is 2.55. The maximum atomic E-state index is 13.2. The SMILES string of the molecule is CC(C)O.CCCC1CCC(NCCc2cccc(F)c2)(P(=O)(O)O)CC1. The lowest BCUT2D eigenvalue weighted by molar-refractivity contribution is 0.205. The van der Waals surface area contributed by atoms with Crippen molar-refractivity contribution in [1.82, 2.24) is 5.32 Å². The molecule has 7 heteroatoms. The Hall–Kier alpha value is -0.780. The third-order valence-electron chi connectivity index (χ3n) is 4.94. The average molecular weight is 403 g/mol. The quantitative estimate of drug-likeness (QED) is 0.512. The minimum Gasteiger partial charge on any atom is -0.394 e. The van der Waals surface area contributed by atoms with Crippen LogP contribution in [0, 0.1) is 11.7 Å². The molecular weight excluding hydrogens is 368 g/mol. The Labute approximate surface area is 162 Å². The Kier molecular flexibility index (Phi) is 10.1. The highest BCUT2D eigenvalue weighted by Crippen LogP contribution is 2.56. The minimum absolute atomic E-state index is 0.167. The van der Waals surface area contributed by atoms with Gasteiger partial charge in [0.25, 0.3) is 0 Å².